The number of rotatable bonds is 7. The van der Waals surface area contributed by atoms with E-state index in [1.165, 1.54) is 64.3 Å². The minimum absolute atomic E-state index is 0.905. The highest BCUT2D eigenvalue weighted by molar-refractivity contribution is 7.25. The molecular weight excluding hydrogens is 759 g/mol. The zero-order chi connectivity index (χ0) is 40.3. The number of nitrogens with zero attached hydrogens (tertiary/aromatic N) is 1. The van der Waals surface area contributed by atoms with Crippen molar-refractivity contribution in [3.05, 3.63) is 224 Å². The fourth-order valence-electron chi connectivity index (χ4n) is 9.06. The van der Waals surface area contributed by atoms with Gasteiger partial charge in [0.05, 0.1) is 5.69 Å². The standard InChI is InChI=1S/C58H37NOS/c1-2-12-47-41(10-1)11-9-16-48(47)42-22-20-38(21-23-42)39-24-30-45(31-25-39)59(46-32-26-40(27-33-46)43-28-34-56-52(36-43)50-14-4-7-18-55(50)60-56)54-17-6-3-13-49(54)44-29-35-58-53(37-44)51-15-5-8-19-57(51)61-58/h1-37H. The molecule has 12 aromatic rings. The minimum Gasteiger partial charge on any atom is -0.456 e. The van der Waals surface area contributed by atoms with Crippen LogP contribution in [0.3, 0.4) is 0 Å². The Balaban J connectivity index is 0.943. The number of benzene rings is 10. The molecule has 0 atom stereocenters. The maximum absolute atomic E-state index is 6.15. The average molecular weight is 796 g/mol. The zero-order valence-electron chi connectivity index (χ0n) is 33.1. The van der Waals surface area contributed by atoms with E-state index in [-0.39, 0.29) is 0 Å². The average Bonchev–Trinajstić information content (AvgIpc) is 3.90. The van der Waals surface area contributed by atoms with Gasteiger partial charge in [-0.2, -0.15) is 0 Å². The fraction of sp³-hybridized carbons (Fsp3) is 0. The smallest absolute Gasteiger partial charge is 0.135 e. The Morgan fingerprint density at radius 3 is 1.64 bits per heavy atom. The number of hydrogen-bond donors (Lipinski definition) is 0. The van der Waals surface area contributed by atoms with E-state index in [0.717, 1.165) is 50.1 Å². The molecule has 0 fully saturated rings. The SMILES string of the molecule is c1ccc(N(c2ccc(-c3ccc(-c4cccc5ccccc45)cc3)cc2)c2ccc(-c3ccc4oc5ccccc5c4c3)cc2)c(-c2ccc3sc4ccccc4c3c2)c1. The van der Waals surface area contributed by atoms with Gasteiger partial charge in [-0.3, -0.25) is 0 Å². The molecule has 0 N–H and O–H groups in total. The van der Waals surface area contributed by atoms with Crippen LogP contribution < -0.4 is 4.90 Å². The second-order valence-electron chi connectivity index (χ2n) is 15.7. The van der Waals surface area contributed by atoms with E-state index in [4.69, 9.17) is 4.42 Å². The van der Waals surface area contributed by atoms with Crippen LogP contribution in [-0.2, 0) is 0 Å². The zero-order valence-corrected chi connectivity index (χ0v) is 33.9. The molecule has 2 heterocycles. The van der Waals surface area contributed by atoms with Crippen LogP contribution >= 0.6 is 11.3 Å². The van der Waals surface area contributed by atoms with E-state index in [2.05, 4.69) is 217 Å². The van der Waals surface area contributed by atoms with E-state index in [1.54, 1.807) is 0 Å². The first-order valence-electron chi connectivity index (χ1n) is 20.7. The molecule has 2 nitrogen and oxygen atoms in total. The van der Waals surface area contributed by atoms with Crippen LogP contribution in [0.2, 0.25) is 0 Å². The monoisotopic (exact) mass is 795 g/mol. The number of hydrogen-bond acceptors (Lipinski definition) is 3. The van der Waals surface area contributed by atoms with Crippen molar-refractivity contribution in [1.29, 1.82) is 0 Å². The number of para-hydroxylation sites is 2. The van der Waals surface area contributed by atoms with Gasteiger partial charge in [0, 0.05) is 47.9 Å². The molecule has 61 heavy (non-hydrogen) atoms. The normalized spacial score (nSPS) is 11.6. The van der Waals surface area contributed by atoms with Crippen LogP contribution in [0, 0.1) is 0 Å². The maximum atomic E-state index is 6.15. The van der Waals surface area contributed by atoms with Crippen LogP contribution in [0.15, 0.2) is 229 Å². The van der Waals surface area contributed by atoms with E-state index >= 15 is 0 Å². The summed E-state index contributed by atoms with van der Waals surface area (Å²) >= 11 is 1.85. The van der Waals surface area contributed by atoms with Gasteiger partial charge in [0.2, 0.25) is 0 Å². The Kier molecular flexibility index (Phi) is 8.39. The van der Waals surface area contributed by atoms with Gasteiger partial charge in [0.1, 0.15) is 11.2 Å². The van der Waals surface area contributed by atoms with Crippen molar-refractivity contribution in [3.63, 3.8) is 0 Å². The third-order valence-electron chi connectivity index (χ3n) is 12.1. The lowest BCUT2D eigenvalue weighted by Gasteiger charge is -2.28. The summed E-state index contributed by atoms with van der Waals surface area (Å²) in [5.74, 6) is 0. The second kappa shape index (κ2) is 14.5. The molecule has 12 rings (SSSR count). The molecule has 0 aliphatic heterocycles. The summed E-state index contributed by atoms with van der Waals surface area (Å²) in [6.07, 6.45) is 0. The first-order valence-corrected chi connectivity index (χ1v) is 21.5. The third-order valence-corrected chi connectivity index (χ3v) is 13.3. The summed E-state index contributed by atoms with van der Waals surface area (Å²) < 4.78 is 8.76. The van der Waals surface area contributed by atoms with Gasteiger partial charge in [0.25, 0.3) is 0 Å². The molecule has 0 saturated heterocycles. The lowest BCUT2D eigenvalue weighted by Crippen LogP contribution is -2.11. The summed E-state index contributed by atoms with van der Waals surface area (Å²) in [6.45, 7) is 0. The molecular formula is C58H37NOS. The quantitative estimate of drug-likeness (QED) is 0.160. The molecule has 2 aromatic heterocycles. The first-order chi connectivity index (χ1) is 30.2. The predicted molar refractivity (Wildman–Crippen MR) is 261 cm³/mol. The molecule has 10 aromatic carbocycles. The maximum Gasteiger partial charge on any atom is 0.135 e. The Labute approximate surface area is 357 Å². The van der Waals surface area contributed by atoms with Crippen LogP contribution in [0.25, 0.3) is 97.4 Å². The highest BCUT2D eigenvalue weighted by Crippen LogP contribution is 2.44. The molecule has 0 aliphatic rings. The molecule has 0 bridgehead atoms. The van der Waals surface area contributed by atoms with Gasteiger partial charge in [0.15, 0.2) is 0 Å². The molecule has 0 aliphatic carbocycles. The molecule has 0 spiro atoms. The lowest BCUT2D eigenvalue weighted by molar-refractivity contribution is 0.669. The van der Waals surface area contributed by atoms with Crippen LogP contribution in [-0.4, -0.2) is 0 Å². The Morgan fingerprint density at radius 2 is 0.836 bits per heavy atom. The number of anilines is 3. The lowest BCUT2D eigenvalue weighted by atomic mass is 9.96. The summed E-state index contributed by atoms with van der Waals surface area (Å²) in [4.78, 5) is 2.40. The molecule has 286 valence electrons. The second-order valence-corrected chi connectivity index (χ2v) is 16.8. The molecule has 0 unspecified atom stereocenters. The highest BCUT2D eigenvalue weighted by Gasteiger charge is 2.19. The Bertz CT molecular complexity index is 3570. The first kappa shape index (κ1) is 35.2. The van der Waals surface area contributed by atoms with Gasteiger partial charge in [-0.1, -0.05) is 158 Å². The van der Waals surface area contributed by atoms with Gasteiger partial charge in [-0.25, -0.2) is 0 Å². The topological polar surface area (TPSA) is 16.4 Å². The number of thiophene rings is 1. The Morgan fingerprint density at radius 1 is 0.311 bits per heavy atom. The van der Waals surface area contributed by atoms with Crippen LogP contribution in [0.1, 0.15) is 0 Å². The summed E-state index contributed by atoms with van der Waals surface area (Å²) in [5, 5.41) is 7.39. The number of furan rings is 1. The van der Waals surface area contributed by atoms with Crippen molar-refractivity contribution in [2.75, 3.05) is 4.90 Å². The molecule has 0 saturated carbocycles. The van der Waals surface area contributed by atoms with Gasteiger partial charge >= 0.3 is 0 Å². The molecule has 3 heteroatoms. The van der Waals surface area contributed by atoms with Crippen molar-refractivity contribution in [1.82, 2.24) is 0 Å². The van der Waals surface area contributed by atoms with Gasteiger partial charge in [-0.15, -0.1) is 11.3 Å². The molecule has 0 amide bonds. The van der Waals surface area contributed by atoms with Crippen LogP contribution in [0.5, 0.6) is 0 Å². The van der Waals surface area contributed by atoms with Crippen molar-refractivity contribution < 1.29 is 4.42 Å². The van der Waals surface area contributed by atoms with E-state index < -0.39 is 0 Å². The molecule has 0 radical (unpaired) electrons. The van der Waals surface area contributed by atoms with Crippen molar-refractivity contribution in [2.45, 2.75) is 0 Å². The Hall–Kier alpha value is -7.72. The van der Waals surface area contributed by atoms with E-state index in [9.17, 15) is 0 Å². The van der Waals surface area contributed by atoms with Gasteiger partial charge < -0.3 is 9.32 Å². The van der Waals surface area contributed by atoms with Crippen molar-refractivity contribution in [2.24, 2.45) is 0 Å². The fourth-order valence-corrected chi connectivity index (χ4v) is 10.2. The summed E-state index contributed by atoms with van der Waals surface area (Å²) in [5.41, 5.74) is 14.6. The van der Waals surface area contributed by atoms with E-state index in [1.807, 2.05) is 23.5 Å². The van der Waals surface area contributed by atoms with E-state index in [0.29, 0.717) is 0 Å². The van der Waals surface area contributed by atoms with Crippen molar-refractivity contribution in [3.8, 4) is 44.5 Å². The summed E-state index contributed by atoms with van der Waals surface area (Å²) in [6, 6.07) is 81.3. The minimum atomic E-state index is 0.905. The van der Waals surface area contributed by atoms with Crippen LogP contribution in [0.4, 0.5) is 17.1 Å². The predicted octanol–water partition coefficient (Wildman–Crippen LogP) is 17.2. The largest absolute Gasteiger partial charge is 0.456 e. The number of fused-ring (bicyclic) bond motifs is 7. The highest BCUT2D eigenvalue weighted by atomic mass is 32.1. The third kappa shape index (κ3) is 6.18. The summed E-state index contributed by atoms with van der Waals surface area (Å²) in [7, 11) is 0. The van der Waals surface area contributed by atoms with Crippen molar-refractivity contribution >= 4 is 81.3 Å². The van der Waals surface area contributed by atoms with Gasteiger partial charge in [-0.05, 0) is 116 Å².